The van der Waals surface area contributed by atoms with Crippen molar-refractivity contribution >= 4 is 0 Å². The van der Waals surface area contributed by atoms with Gasteiger partial charge in [-0.15, -0.1) is 0 Å². The van der Waals surface area contributed by atoms with E-state index < -0.39 is 0 Å². The van der Waals surface area contributed by atoms with Crippen LogP contribution in [0.25, 0.3) is 0 Å². The molecule has 0 atom stereocenters. The highest BCUT2D eigenvalue weighted by atomic mass is 16.5. The number of hydrogen-bond donors (Lipinski definition) is 1. The summed E-state index contributed by atoms with van der Waals surface area (Å²) in [7, 11) is 1.72. The monoisotopic (exact) mass is 205 g/mol. The molecule has 2 N–H and O–H groups in total. The second kappa shape index (κ2) is 3.86. The molecule has 1 aromatic rings. The lowest BCUT2D eigenvalue weighted by Gasteiger charge is -2.12. The van der Waals surface area contributed by atoms with Crippen molar-refractivity contribution in [2.24, 2.45) is 5.73 Å². The molecule has 0 amide bonds. The summed E-state index contributed by atoms with van der Waals surface area (Å²) in [6.45, 7) is 2.15. The van der Waals surface area contributed by atoms with Gasteiger partial charge in [0.2, 0.25) is 0 Å². The Morgan fingerprint density at radius 2 is 2.13 bits per heavy atom. The van der Waals surface area contributed by atoms with E-state index in [-0.39, 0.29) is 5.54 Å². The fourth-order valence-electron chi connectivity index (χ4n) is 1.96. The maximum atomic E-state index is 6.11. The van der Waals surface area contributed by atoms with Gasteiger partial charge in [-0.05, 0) is 42.9 Å². The summed E-state index contributed by atoms with van der Waals surface area (Å²) < 4.78 is 5.31. The van der Waals surface area contributed by atoms with Gasteiger partial charge in [0.05, 0.1) is 7.11 Å². The zero-order valence-electron chi connectivity index (χ0n) is 9.55. The first-order valence-electron chi connectivity index (χ1n) is 5.61. The lowest BCUT2D eigenvalue weighted by molar-refractivity contribution is 0.410. The molecule has 15 heavy (non-hydrogen) atoms. The Bertz CT molecular complexity index is 356. The van der Waals surface area contributed by atoms with Crippen LogP contribution in [0.15, 0.2) is 18.2 Å². The zero-order chi connectivity index (χ0) is 10.9. The maximum Gasteiger partial charge on any atom is 0.122 e. The molecule has 0 aromatic heterocycles. The standard InChI is InChI=1S/C13H19NO/c1-3-11-8-10(4-5-12(11)15-2)9-13(14)6-7-13/h4-5,8H,3,6-7,9,14H2,1-2H3. The number of hydrogen-bond acceptors (Lipinski definition) is 2. The van der Waals surface area contributed by atoms with Gasteiger partial charge in [0.1, 0.15) is 5.75 Å². The summed E-state index contributed by atoms with van der Waals surface area (Å²) in [5, 5.41) is 0. The molecule has 2 nitrogen and oxygen atoms in total. The smallest absolute Gasteiger partial charge is 0.122 e. The first-order chi connectivity index (χ1) is 7.17. The van der Waals surface area contributed by atoms with Crippen molar-refractivity contribution in [3.8, 4) is 5.75 Å². The number of benzene rings is 1. The average molecular weight is 205 g/mol. The Labute approximate surface area is 91.4 Å². The molecule has 82 valence electrons. The fourth-order valence-corrected chi connectivity index (χ4v) is 1.96. The van der Waals surface area contributed by atoms with E-state index in [1.807, 2.05) is 0 Å². The predicted molar refractivity (Wildman–Crippen MR) is 62.2 cm³/mol. The van der Waals surface area contributed by atoms with E-state index >= 15 is 0 Å². The van der Waals surface area contributed by atoms with Crippen LogP contribution in [-0.2, 0) is 12.8 Å². The molecule has 1 saturated carbocycles. The number of ether oxygens (including phenoxy) is 1. The Hall–Kier alpha value is -1.02. The summed E-state index contributed by atoms with van der Waals surface area (Å²) in [4.78, 5) is 0. The van der Waals surface area contributed by atoms with Crippen molar-refractivity contribution in [2.45, 2.75) is 38.1 Å². The quantitative estimate of drug-likeness (QED) is 0.818. The van der Waals surface area contributed by atoms with E-state index in [1.165, 1.54) is 24.0 Å². The van der Waals surface area contributed by atoms with Crippen LogP contribution < -0.4 is 10.5 Å². The highest BCUT2D eigenvalue weighted by Crippen LogP contribution is 2.36. The summed E-state index contributed by atoms with van der Waals surface area (Å²) in [5.74, 6) is 0.989. The zero-order valence-corrected chi connectivity index (χ0v) is 9.55. The molecule has 0 spiro atoms. The third kappa shape index (κ3) is 2.32. The van der Waals surface area contributed by atoms with Crippen molar-refractivity contribution < 1.29 is 4.74 Å². The molecule has 2 heteroatoms. The van der Waals surface area contributed by atoms with Crippen LogP contribution in [0, 0.1) is 0 Å². The average Bonchev–Trinajstić information content (AvgIpc) is 2.96. The topological polar surface area (TPSA) is 35.2 Å². The first kappa shape index (κ1) is 10.5. The third-order valence-electron chi connectivity index (χ3n) is 3.17. The SMILES string of the molecule is CCc1cc(CC2(N)CC2)ccc1OC. The van der Waals surface area contributed by atoms with Gasteiger partial charge in [0.25, 0.3) is 0 Å². The largest absolute Gasteiger partial charge is 0.496 e. The molecular weight excluding hydrogens is 186 g/mol. The number of rotatable bonds is 4. The normalized spacial score (nSPS) is 17.5. The molecule has 0 bridgehead atoms. The van der Waals surface area contributed by atoms with E-state index in [4.69, 9.17) is 10.5 Å². The lowest BCUT2D eigenvalue weighted by atomic mass is 10.0. The second-order valence-corrected chi connectivity index (χ2v) is 4.54. The van der Waals surface area contributed by atoms with Crippen molar-refractivity contribution in [3.63, 3.8) is 0 Å². The molecule has 1 aliphatic rings. The fraction of sp³-hybridized carbons (Fsp3) is 0.538. The number of aryl methyl sites for hydroxylation is 1. The molecule has 0 saturated heterocycles. The van der Waals surface area contributed by atoms with E-state index in [2.05, 4.69) is 25.1 Å². The third-order valence-corrected chi connectivity index (χ3v) is 3.17. The number of nitrogens with two attached hydrogens (primary N) is 1. The summed E-state index contributed by atoms with van der Waals surface area (Å²) >= 11 is 0. The molecule has 0 heterocycles. The van der Waals surface area contributed by atoms with Gasteiger partial charge in [0, 0.05) is 5.54 Å². The van der Waals surface area contributed by atoms with Gasteiger partial charge in [0.15, 0.2) is 0 Å². The van der Waals surface area contributed by atoms with Crippen LogP contribution in [0.1, 0.15) is 30.9 Å². The summed E-state index contributed by atoms with van der Waals surface area (Å²) in [6, 6.07) is 6.41. The van der Waals surface area contributed by atoms with Crippen molar-refractivity contribution in [1.82, 2.24) is 0 Å². The van der Waals surface area contributed by atoms with Crippen LogP contribution >= 0.6 is 0 Å². The van der Waals surface area contributed by atoms with Crippen LogP contribution in [0.5, 0.6) is 5.75 Å². The van der Waals surface area contributed by atoms with Gasteiger partial charge in [-0.3, -0.25) is 0 Å². The van der Waals surface area contributed by atoms with E-state index in [9.17, 15) is 0 Å². The van der Waals surface area contributed by atoms with Crippen LogP contribution in [-0.4, -0.2) is 12.6 Å². The van der Waals surface area contributed by atoms with Gasteiger partial charge in [-0.25, -0.2) is 0 Å². The Morgan fingerprint density at radius 3 is 2.67 bits per heavy atom. The number of methoxy groups -OCH3 is 1. The first-order valence-corrected chi connectivity index (χ1v) is 5.61. The minimum Gasteiger partial charge on any atom is -0.496 e. The molecule has 1 aromatic carbocycles. The van der Waals surface area contributed by atoms with Gasteiger partial charge >= 0.3 is 0 Å². The minimum absolute atomic E-state index is 0.0968. The Morgan fingerprint density at radius 1 is 1.40 bits per heavy atom. The van der Waals surface area contributed by atoms with E-state index in [0.717, 1.165) is 18.6 Å². The molecule has 0 aliphatic heterocycles. The van der Waals surface area contributed by atoms with Gasteiger partial charge < -0.3 is 10.5 Å². The summed E-state index contributed by atoms with van der Waals surface area (Å²) in [5.41, 5.74) is 8.82. The van der Waals surface area contributed by atoms with E-state index in [0.29, 0.717) is 0 Å². The highest BCUT2D eigenvalue weighted by Gasteiger charge is 2.37. The van der Waals surface area contributed by atoms with Crippen molar-refractivity contribution in [3.05, 3.63) is 29.3 Å². The second-order valence-electron chi connectivity index (χ2n) is 4.54. The molecular formula is C13H19NO. The molecule has 0 unspecified atom stereocenters. The molecule has 2 rings (SSSR count). The minimum atomic E-state index is 0.0968. The Kier molecular flexibility index (Phi) is 2.70. The highest BCUT2D eigenvalue weighted by molar-refractivity contribution is 5.38. The van der Waals surface area contributed by atoms with E-state index in [1.54, 1.807) is 7.11 Å². The van der Waals surface area contributed by atoms with Crippen molar-refractivity contribution in [2.75, 3.05) is 7.11 Å². The summed E-state index contributed by atoms with van der Waals surface area (Å²) in [6.07, 6.45) is 4.35. The molecule has 0 radical (unpaired) electrons. The molecule has 1 aliphatic carbocycles. The predicted octanol–water partition coefficient (Wildman–Crippen LogP) is 2.29. The van der Waals surface area contributed by atoms with Crippen molar-refractivity contribution in [1.29, 1.82) is 0 Å². The van der Waals surface area contributed by atoms with Gasteiger partial charge in [-0.1, -0.05) is 19.1 Å². The maximum absolute atomic E-state index is 6.11. The van der Waals surface area contributed by atoms with Crippen LogP contribution in [0.4, 0.5) is 0 Å². The molecule has 1 fully saturated rings. The van der Waals surface area contributed by atoms with Crippen LogP contribution in [0.3, 0.4) is 0 Å². The lowest BCUT2D eigenvalue weighted by Crippen LogP contribution is -2.24. The van der Waals surface area contributed by atoms with Crippen LogP contribution in [0.2, 0.25) is 0 Å². The van der Waals surface area contributed by atoms with Gasteiger partial charge in [-0.2, -0.15) is 0 Å². The Balaban J connectivity index is 2.18.